The summed E-state index contributed by atoms with van der Waals surface area (Å²) in [5, 5.41) is 8.88. The lowest BCUT2D eigenvalue weighted by Crippen LogP contribution is -2.55. The highest BCUT2D eigenvalue weighted by molar-refractivity contribution is 5.89. The molecule has 1 aliphatic heterocycles. The largest absolute Gasteiger partial charge is 0.494 e. The second-order valence-corrected chi connectivity index (χ2v) is 4.19. The van der Waals surface area contributed by atoms with E-state index in [1.807, 2.05) is 0 Å². The van der Waals surface area contributed by atoms with Gasteiger partial charge in [0, 0.05) is 12.7 Å². The molecule has 0 spiro atoms. The molecule has 0 radical (unpaired) electrons. The van der Waals surface area contributed by atoms with E-state index in [1.165, 1.54) is 12.1 Å². The summed E-state index contributed by atoms with van der Waals surface area (Å²) in [4.78, 5) is 10.9. The predicted octanol–water partition coefficient (Wildman–Crippen LogP) is 2.67. The fraction of sp³-hybridized carbons (Fsp3) is 0.308. The number of fused-ring (bicyclic) bond motifs is 1. The lowest BCUT2D eigenvalue weighted by Gasteiger charge is -2.37. The zero-order chi connectivity index (χ0) is 15.8. The molecule has 0 aliphatic carbocycles. The predicted molar refractivity (Wildman–Crippen MR) is 64.8 cm³/mol. The molecular formula is C13H11F3O5. The van der Waals surface area contributed by atoms with Gasteiger partial charge in [-0.1, -0.05) is 6.07 Å². The van der Waals surface area contributed by atoms with Crippen molar-refractivity contribution in [1.82, 2.24) is 0 Å². The van der Waals surface area contributed by atoms with Crippen molar-refractivity contribution in [2.24, 2.45) is 0 Å². The van der Waals surface area contributed by atoms with Crippen LogP contribution in [0, 0.1) is 0 Å². The van der Waals surface area contributed by atoms with Gasteiger partial charge in [-0.15, -0.1) is 0 Å². The zero-order valence-electron chi connectivity index (χ0n) is 11.0. The van der Waals surface area contributed by atoms with E-state index >= 15 is 0 Å². The van der Waals surface area contributed by atoms with Gasteiger partial charge in [0.15, 0.2) is 5.76 Å². The normalized spacial score (nSPS) is 21.1. The lowest BCUT2D eigenvalue weighted by molar-refractivity contribution is -0.337. The minimum absolute atomic E-state index is 0.199. The number of benzene rings is 1. The zero-order valence-corrected chi connectivity index (χ0v) is 11.0. The van der Waals surface area contributed by atoms with Crippen molar-refractivity contribution in [2.75, 3.05) is 14.2 Å². The first-order chi connectivity index (χ1) is 9.75. The fourth-order valence-electron chi connectivity index (χ4n) is 1.97. The van der Waals surface area contributed by atoms with E-state index in [0.29, 0.717) is 0 Å². The molecule has 1 unspecified atom stereocenters. The first kappa shape index (κ1) is 15.2. The molecule has 21 heavy (non-hydrogen) atoms. The third kappa shape index (κ3) is 2.31. The van der Waals surface area contributed by atoms with Crippen molar-refractivity contribution in [3.63, 3.8) is 0 Å². The number of hydrogen-bond acceptors (Lipinski definition) is 4. The van der Waals surface area contributed by atoms with Gasteiger partial charge in [-0.3, -0.25) is 0 Å². The van der Waals surface area contributed by atoms with Crippen molar-refractivity contribution in [3.05, 3.63) is 35.1 Å². The number of alkyl halides is 3. The molecule has 0 amide bonds. The maximum Gasteiger partial charge on any atom is 0.464 e. The van der Waals surface area contributed by atoms with Gasteiger partial charge in [0.2, 0.25) is 0 Å². The van der Waals surface area contributed by atoms with E-state index in [9.17, 15) is 18.0 Å². The van der Waals surface area contributed by atoms with Crippen LogP contribution in [0.2, 0.25) is 0 Å². The smallest absolute Gasteiger partial charge is 0.464 e. The molecule has 1 aromatic rings. The Morgan fingerprint density at radius 1 is 1.33 bits per heavy atom. The van der Waals surface area contributed by atoms with Crippen molar-refractivity contribution < 1.29 is 37.3 Å². The number of carbonyl (C=O) groups is 1. The summed E-state index contributed by atoms with van der Waals surface area (Å²) in [7, 11) is 1.89. The molecule has 2 rings (SSSR count). The van der Waals surface area contributed by atoms with Gasteiger partial charge < -0.3 is 19.3 Å². The van der Waals surface area contributed by atoms with Crippen LogP contribution in [0.15, 0.2) is 24.0 Å². The number of ether oxygens (including phenoxy) is 3. The van der Waals surface area contributed by atoms with Crippen LogP contribution in [0.25, 0.3) is 6.08 Å². The molecule has 0 saturated carbocycles. The maximum atomic E-state index is 13.3. The quantitative estimate of drug-likeness (QED) is 0.930. The summed E-state index contributed by atoms with van der Waals surface area (Å²) in [5.41, 5.74) is 0.0592. The van der Waals surface area contributed by atoms with Gasteiger partial charge in [0.1, 0.15) is 5.75 Å². The van der Waals surface area contributed by atoms with Gasteiger partial charge in [0.25, 0.3) is 0 Å². The summed E-state index contributed by atoms with van der Waals surface area (Å²) in [6.07, 6.45) is -3.82. The lowest BCUT2D eigenvalue weighted by atomic mass is 10.0. The first-order valence-electron chi connectivity index (χ1n) is 5.69. The standard InChI is InChI=1S/C13H11F3O5/c1-19-10-6-7-3-4-8(11(17)18)5-9(7)21-12(10,20-2)13(14,15)16/h3-6H,1-2H3,(H,17,18). The highest BCUT2D eigenvalue weighted by atomic mass is 19.4. The van der Waals surface area contributed by atoms with Crippen molar-refractivity contribution in [1.29, 1.82) is 0 Å². The van der Waals surface area contributed by atoms with E-state index in [0.717, 1.165) is 26.4 Å². The second-order valence-electron chi connectivity index (χ2n) is 4.19. The summed E-state index contributed by atoms with van der Waals surface area (Å²) in [5.74, 6) is -5.22. The van der Waals surface area contributed by atoms with Crippen LogP contribution in [0.5, 0.6) is 5.75 Å². The Hall–Kier alpha value is -2.22. The van der Waals surface area contributed by atoms with Gasteiger partial charge in [-0.2, -0.15) is 13.2 Å². The molecule has 0 bridgehead atoms. The molecule has 8 heteroatoms. The number of rotatable bonds is 3. The monoisotopic (exact) mass is 304 g/mol. The molecule has 0 fully saturated rings. The van der Waals surface area contributed by atoms with Gasteiger partial charge in [-0.25, -0.2) is 4.79 Å². The first-order valence-corrected chi connectivity index (χ1v) is 5.69. The van der Waals surface area contributed by atoms with Crippen LogP contribution >= 0.6 is 0 Å². The van der Waals surface area contributed by atoms with E-state index in [-0.39, 0.29) is 16.9 Å². The number of carboxylic acid groups (broad SMARTS) is 1. The Kier molecular flexibility index (Phi) is 3.58. The van der Waals surface area contributed by atoms with Crippen LogP contribution in [-0.4, -0.2) is 37.3 Å². The van der Waals surface area contributed by atoms with Crippen LogP contribution in [-0.2, 0) is 9.47 Å². The number of hydrogen-bond donors (Lipinski definition) is 1. The topological polar surface area (TPSA) is 65.0 Å². The maximum absolute atomic E-state index is 13.3. The van der Waals surface area contributed by atoms with Gasteiger partial charge in [-0.05, 0) is 18.2 Å². The number of aromatic carboxylic acids is 1. The van der Waals surface area contributed by atoms with Crippen molar-refractivity contribution >= 4 is 12.0 Å². The number of carboxylic acids is 1. The minimum atomic E-state index is -4.92. The Morgan fingerprint density at radius 2 is 2.00 bits per heavy atom. The average molecular weight is 304 g/mol. The van der Waals surface area contributed by atoms with Crippen LogP contribution in [0.3, 0.4) is 0 Å². The van der Waals surface area contributed by atoms with E-state index in [2.05, 4.69) is 4.74 Å². The van der Waals surface area contributed by atoms with E-state index in [4.69, 9.17) is 14.6 Å². The molecule has 1 heterocycles. The van der Waals surface area contributed by atoms with Gasteiger partial charge >= 0.3 is 17.9 Å². The third-order valence-electron chi connectivity index (χ3n) is 3.01. The third-order valence-corrected chi connectivity index (χ3v) is 3.01. The highest BCUT2D eigenvalue weighted by Crippen LogP contribution is 2.46. The molecule has 0 saturated heterocycles. The van der Waals surface area contributed by atoms with Crippen LogP contribution < -0.4 is 4.74 Å². The average Bonchev–Trinajstić information content (AvgIpc) is 2.43. The minimum Gasteiger partial charge on any atom is -0.494 e. The highest BCUT2D eigenvalue weighted by Gasteiger charge is 2.64. The fourth-order valence-corrected chi connectivity index (χ4v) is 1.97. The molecule has 1 N–H and O–H groups in total. The van der Waals surface area contributed by atoms with E-state index in [1.54, 1.807) is 0 Å². The van der Waals surface area contributed by atoms with Crippen LogP contribution in [0.4, 0.5) is 13.2 Å². The summed E-state index contributed by atoms with van der Waals surface area (Å²) in [6.45, 7) is 0. The Bertz CT molecular complexity index is 608. The number of halogens is 3. The SMILES string of the molecule is COC1=Cc2ccc(C(=O)O)cc2OC1(OC)C(F)(F)F. The summed E-state index contributed by atoms with van der Waals surface area (Å²) >= 11 is 0. The number of methoxy groups -OCH3 is 2. The molecule has 114 valence electrons. The molecule has 0 aromatic heterocycles. The molecule has 1 aromatic carbocycles. The Morgan fingerprint density at radius 3 is 2.48 bits per heavy atom. The van der Waals surface area contributed by atoms with E-state index < -0.39 is 23.7 Å². The van der Waals surface area contributed by atoms with Crippen molar-refractivity contribution in [2.45, 2.75) is 12.0 Å². The van der Waals surface area contributed by atoms with Crippen LogP contribution in [0.1, 0.15) is 15.9 Å². The Balaban J connectivity index is 2.61. The van der Waals surface area contributed by atoms with Gasteiger partial charge in [0.05, 0.1) is 12.7 Å². The molecule has 5 nitrogen and oxygen atoms in total. The Labute approximate surface area is 117 Å². The summed E-state index contributed by atoms with van der Waals surface area (Å²) < 4.78 is 54.1. The summed E-state index contributed by atoms with van der Waals surface area (Å²) in [6, 6.07) is 3.58. The second kappa shape index (κ2) is 4.96. The molecular weight excluding hydrogens is 293 g/mol. The molecule has 1 aliphatic rings. The molecule has 1 atom stereocenters. The van der Waals surface area contributed by atoms with Crippen molar-refractivity contribution in [3.8, 4) is 5.75 Å².